The Labute approximate surface area is 140 Å². The van der Waals surface area contributed by atoms with Crippen molar-refractivity contribution in [1.82, 2.24) is 5.32 Å². The van der Waals surface area contributed by atoms with E-state index in [1.165, 1.54) is 14.0 Å². The van der Waals surface area contributed by atoms with Gasteiger partial charge in [-0.05, 0) is 38.0 Å². The molecule has 1 amide bonds. The number of rotatable bonds is 9. The fourth-order valence-electron chi connectivity index (χ4n) is 2.24. The zero-order valence-electron chi connectivity index (χ0n) is 14.2. The van der Waals surface area contributed by atoms with Crippen LogP contribution >= 0.6 is 0 Å². The number of methoxy groups -OCH3 is 1. The van der Waals surface area contributed by atoms with Crippen molar-refractivity contribution in [3.05, 3.63) is 29.3 Å². The van der Waals surface area contributed by atoms with Crippen LogP contribution in [-0.4, -0.2) is 34.8 Å². The second kappa shape index (κ2) is 9.45. The molecule has 1 aromatic carbocycles. The van der Waals surface area contributed by atoms with E-state index in [4.69, 9.17) is 4.74 Å². The second-order valence-electron chi connectivity index (χ2n) is 5.39. The largest absolute Gasteiger partial charge is 0.496 e. The highest BCUT2D eigenvalue weighted by molar-refractivity contribution is 7.84. The number of benzene rings is 1. The molecule has 0 heterocycles. The minimum Gasteiger partial charge on any atom is -0.496 e. The van der Waals surface area contributed by atoms with Crippen molar-refractivity contribution < 1.29 is 18.5 Å². The standard InChI is InChI=1S/C17H25NO4S/c1-5-15(6-2)18-17(20)11-23(21)10-14-9-13(12(3)19)7-8-16(14)22-4/h7-9,15H,5-6,10-11H2,1-4H3,(H,18,20)/t23-/m0/s1. The number of carbonyl (C=O) groups excluding carboxylic acids is 2. The third-order valence-electron chi connectivity index (χ3n) is 3.65. The third kappa shape index (κ3) is 6.14. The molecule has 23 heavy (non-hydrogen) atoms. The van der Waals surface area contributed by atoms with E-state index >= 15 is 0 Å². The van der Waals surface area contributed by atoms with Crippen molar-refractivity contribution in [2.75, 3.05) is 12.9 Å². The first-order valence-electron chi connectivity index (χ1n) is 7.73. The molecular weight excluding hydrogens is 314 g/mol. The molecule has 0 radical (unpaired) electrons. The molecule has 128 valence electrons. The first kappa shape index (κ1) is 19.4. The van der Waals surface area contributed by atoms with Gasteiger partial charge in [-0.1, -0.05) is 13.8 Å². The van der Waals surface area contributed by atoms with Crippen molar-refractivity contribution in [3.8, 4) is 5.75 Å². The number of nitrogens with one attached hydrogen (secondary N) is 1. The number of ether oxygens (including phenoxy) is 1. The van der Waals surface area contributed by atoms with E-state index < -0.39 is 10.8 Å². The Morgan fingerprint density at radius 2 is 1.91 bits per heavy atom. The number of hydrogen-bond acceptors (Lipinski definition) is 4. The summed E-state index contributed by atoms with van der Waals surface area (Å²) in [5.41, 5.74) is 1.22. The Kier molecular flexibility index (Phi) is 7.95. The van der Waals surface area contributed by atoms with Gasteiger partial charge in [0.25, 0.3) is 0 Å². The van der Waals surface area contributed by atoms with Crippen LogP contribution in [0.15, 0.2) is 18.2 Å². The molecule has 1 atom stereocenters. The number of amides is 1. The predicted octanol–water partition coefficient (Wildman–Crippen LogP) is 2.45. The monoisotopic (exact) mass is 339 g/mol. The highest BCUT2D eigenvalue weighted by atomic mass is 32.2. The average molecular weight is 339 g/mol. The zero-order chi connectivity index (χ0) is 17.4. The molecular formula is C17H25NO4S. The lowest BCUT2D eigenvalue weighted by Gasteiger charge is -2.15. The summed E-state index contributed by atoms with van der Waals surface area (Å²) < 4.78 is 17.5. The summed E-state index contributed by atoms with van der Waals surface area (Å²) in [6, 6.07) is 5.16. The number of hydrogen-bond donors (Lipinski definition) is 1. The van der Waals surface area contributed by atoms with Gasteiger partial charge in [0.1, 0.15) is 11.5 Å². The molecule has 0 aliphatic heterocycles. The lowest BCUT2D eigenvalue weighted by Crippen LogP contribution is -2.36. The Morgan fingerprint density at radius 1 is 1.26 bits per heavy atom. The van der Waals surface area contributed by atoms with E-state index in [1.807, 2.05) is 13.8 Å². The molecule has 1 aromatic rings. The van der Waals surface area contributed by atoms with Crippen LogP contribution in [-0.2, 0) is 21.3 Å². The van der Waals surface area contributed by atoms with Gasteiger partial charge < -0.3 is 10.1 Å². The number of Topliss-reactive ketones (excluding diaryl/α,β-unsaturated/α-hetero) is 1. The fourth-order valence-corrected chi connectivity index (χ4v) is 3.29. The van der Waals surface area contributed by atoms with Crippen LogP contribution in [0, 0.1) is 0 Å². The van der Waals surface area contributed by atoms with E-state index in [1.54, 1.807) is 18.2 Å². The molecule has 0 bridgehead atoms. The molecule has 0 aliphatic carbocycles. The Morgan fingerprint density at radius 3 is 2.43 bits per heavy atom. The molecule has 1 rings (SSSR count). The van der Waals surface area contributed by atoms with Gasteiger partial charge in [-0.2, -0.15) is 0 Å². The predicted molar refractivity (Wildman–Crippen MR) is 92.2 cm³/mol. The highest BCUT2D eigenvalue weighted by Gasteiger charge is 2.15. The van der Waals surface area contributed by atoms with E-state index in [9.17, 15) is 13.8 Å². The topological polar surface area (TPSA) is 72.5 Å². The smallest absolute Gasteiger partial charge is 0.232 e. The first-order chi connectivity index (χ1) is 10.9. The Hall–Kier alpha value is -1.69. The number of carbonyl (C=O) groups is 2. The van der Waals surface area contributed by atoms with E-state index in [-0.39, 0.29) is 29.2 Å². The van der Waals surface area contributed by atoms with Gasteiger partial charge in [0.05, 0.1) is 12.9 Å². The quantitative estimate of drug-likeness (QED) is 0.702. The molecule has 1 N–H and O–H groups in total. The van der Waals surface area contributed by atoms with Crippen LogP contribution in [0.5, 0.6) is 5.75 Å². The van der Waals surface area contributed by atoms with E-state index in [2.05, 4.69) is 5.32 Å². The first-order valence-corrected chi connectivity index (χ1v) is 9.22. The summed E-state index contributed by atoms with van der Waals surface area (Å²) in [5.74, 6) is 0.429. The maximum absolute atomic E-state index is 12.2. The van der Waals surface area contributed by atoms with Gasteiger partial charge >= 0.3 is 0 Å². The molecule has 6 heteroatoms. The SMILES string of the molecule is CCC(CC)NC(=O)C[S@@](=O)Cc1cc(C(C)=O)ccc1OC. The maximum atomic E-state index is 12.2. The van der Waals surface area contributed by atoms with Gasteiger partial charge in [-0.15, -0.1) is 0 Å². The van der Waals surface area contributed by atoms with Crippen molar-refractivity contribution >= 4 is 22.5 Å². The molecule has 5 nitrogen and oxygen atoms in total. The normalized spacial score (nSPS) is 12.0. The molecule has 0 aliphatic rings. The summed E-state index contributed by atoms with van der Waals surface area (Å²) in [7, 11) is 0.165. The van der Waals surface area contributed by atoms with Gasteiger partial charge in [0, 0.05) is 28.0 Å². The molecule has 0 saturated heterocycles. The van der Waals surface area contributed by atoms with Crippen molar-refractivity contribution in [2.24, 2.45) is 0 Å². The second-order valence-corrected chi connectivity index (χ2v) is 6.85. The molecule has 0 fully saturated rings. The minimum absolute atomic E-state index is 0.0516. The summed E-state index contributed by atoms with van der Waals surface area (Å²) >= 11 is 0. The zero-order valence-corrected chi connectivity index (χ0v) is 15.0. The molecule has 0 saturated carbocycles. The van der Waals surface area contributed by atoms with Crippen LogP contribution in [0.25, 0.3) is 0 Å². The van der Waals surface area contributed by atoms with Gasteiger partial charge in [0.15, 0.2) is 5.78 Å². The van der Waals surface area contributed by atoms with Gasteiger partial charge in [-0.25, -0.2) is 0 Å². The van der Waals surface area contributed by atoms with Crippen LogP contribution < -0.4 is 10.1 Å². The fraction of sp³-hybridized carbons (Fsp3) is 0.529. The van der Waals surface area contributed by atoms with Crippen molar-refractivity contribution in [2.45, 2.75) is 45.4 Å². The van der Waals surface area contributed by atoms with Crippen LogP contribution in [0.4, 0.5) is 0 Å². The van der Waals surface area contributed by atoms with Crippen LogP contribution in [0.1, 0.15) is 49.5 Å². The van der Waals surface area contributed by atoms with E-state index in [0.717, 1.165) is 12.8 Å². The molecule has 0 aromatic heterocycles. The molecule has 0 spiro atoms. The summed E-state index contributed by atoms with van der Waals surface area (Å²) in [6.45, 7) is 5.48. The van der Waals surface area contributed by atoms with Crippen molar-refractivity contribution in [3.63, 3.8) is 0 Å². The molecule has 0 unspecified atom stereocenters. The average Bonchev–Trinajstić information content (AvgIpc) is 2.52. The third-order valence-corrected chi connectivity index (χ3v) is 4.86. The Balaban J connectivity index is 2.75. The van der Waals surface area contributed by atoms with Crippen molar-refractivity contribution in [1.29, 1.82) is 0 Å². The highest BCUT2D eigenvalue weighted by Crippen LogP contribution is 2.22. The summed E-state index contributed by atoms with van der Waals surface area (Å²) in [5, 5.41) is 2.87. The number of ketones is 1. The lowest BCUT2D eigenvalue weighted by atomic mass is 10.1. The summed E-state index contributed by atoms with van der Waals surface area (Å²) in [6.07, 6.45) is 1.70. The lowest BCUT2D eigenvalue weighted by molar-refractivity contribution is -0.119. The maximum Gasteiger partial charge on any atom is 0.232 e. The van der Waals surface area contributed by atoms with Crippen LogP contribution in [0.2, 0.25) is 0 Å². The Bertz CT molecular complexity index is 582. The van der Waals surface area contributed by atoms with Crippen LogP contribution in [0.3, 0.4) is 0 Å². The minimum atomic E-state index is -1.36. The van der Waals surface area contributed by atoms with Gasteiger partial charge in [-0.3, -0.25) is 13.8 Å². The van der Waals surface area contributed by atoms with Gasteiger partial charge in [0.2, 0.25) is 5.91 Å². The van der Waals surface area contributed by atoms with E-state index in [0.29, 0.717) is 16.9 Å². The summed E-state index contributed by atoms with van der Waals surface area (Å²) in [4.78, 5) is 23.4.